The van der Waals surface area contributed by atoms with Crippen LogP contribution in [0.3, 0.4) is 0 Å². The summed E-state index contributed by atoms with van der Waals surface area (Å²) in [4.78, 5) is 35.2. The van der Waals surface area contributed by atoms with E-state index in [2.05, 4.69) is 10.2 Å². The average Bonchev–Trinajstić information content (AvgIpc) is 2.94. The van der Waals surface area contributed by atoms with Gasteiger partial charge in [0.1, 0.15) is 18.5 Å². The van der Waals surface area contributed by atoms with Gasteiger partial charge in [0.2, 0.25) is 0 Å². The number of imide groups is 1. The number of fused-ring (bicyclic) bond motifs is 1. The summed E-state index contributed by atoms with van der Waals surface area (Å²) >= 11 is 0. The number of likely N-dealkylation sites (N-methyl/N-ethyl adjacent to an activating group) is 1. The summed E-state index contributed by atoms with van der Waals surface area (Å²) < 4.78 is 5.82. The second-order valence-electron chi connectivity index (χ2n) is 8.96. The van der Waals surface area contributed by atoms with Gasteiger partial charge < -0.3 is 24.5 Å². The number of nitrogens with zero attached hydrogens (tertiary/aromatic N) is 4. The van der Waals surface area contributed by atoms with Crippen LogP contribution in [0.25, 0.3) is 0 Å². The summed E-state index contributed by atoms with van der Waals surface area (Å²) in [6.45, 7) is 6.05. The number of benzene rings is 1. The van der Waals surface area contributed by atoms with E-state index in [4.69, 9.17) is 9.73 Å². The molecule has 3 unspecified atom stereocenters. The van der Waals surface area contributed by atoms with Gasteiger partial charge in [-0.05, 0) is 49.9 Å². The summed E-state index contributed by atoms with van der Waals surface area (Å²) in [6.07, 6.45) is 3.03. The molecule has 1 aromatic carbocycles. The summed E-state index contributed by atoms with van der Waals surface area (Å²) in [5, 5.41) is 13.2. The summed E-state index contributed by atoms with van der Waals surface area (Å²) in [6, 6.07) is 4.72. The van der Waals surface area contributed by atoms with E-state index in [9.17, 15) is 14.7 Å². The minimum Gasteiger partial charge on any atom is -0.491 e. The number of hydrogen-bond acceptors (Lipinski definition) is 7. The highest BCUT2D eigenvalue weighted by Gasteiger charge is 2.50. The molecule has 3 atom stereocenters. The predicted molar refractivity (Wildman–Crippen MR) is 120 cm³/mol. The molecule has 174 valence electrons. The number of ether oxygens (including phenoxy) is 1. The molecule has 0 spiro atoms. The Morgan fingerprint density at radius 1 is 1.16 bits per heavy atom. The third kappa shape index (κ3) is 4.53. The number of aryl methyl sites for hydroxylation is 2. The minimum atomic E-state index is -0.830. The maximum atomic E-state index is 12.8. The van der Waals surface area contributed by atoms with Gasteiger partial charge in [-0.3, -0.25) is 10.1 Å². The van der Waals surface area contributed by atoms with Crippen LogP contribution >= 0.6 is 0 Å². The van der Waals surface area contributed by atoms with Crippen LogP contribution in [-0.2, 0) is 4.79 Å². The van der Waals surface area contributed by atoms with E-state index in [-0.39, 0.29) is 19.1 Å². The fraction of sp³-hybridized carbons (Fsp3) is 0.609. The molecule has 32 heavy (non-hydrogen) atoms. The van der Waals surface area contributed by atoms with E-state index < -0.39 is 24.3 Å². The molecule has 9 heteroatoms. The number of amides is 3. The number of β-amino-alcohol motifs (C(OH)–C–C–N with tert-alkyl or cyclic N) is 1. The molecule has 9 nitrogen and oxygen atoms in total. The smallest absolute Gasteiger partial charge is 0.325 e. The van der Waals surface area contributed by atoms with Crippen LogP contribution < -0.4 is 10.1 Å². The van der Waals surface area contributed by atoms with Crippen LogP contribution in [-0.4, -0.2) is 89.3 Å². The monoisotopic (exact) mass is 443 g/mol. The highest BCUT2D eigenvalue weighted by molar-refractivity contribution is 6.03. The molecule has 0 saturated carbocycles. The van der Waals surface area contributed by atoms with Crippen molar-refractivity contribution in [1.82, 2.24) is 20.0 Å². The van der Waals surface area contributed by atoms with Crippen molar-refractivity contribution in [2.45, 2.75) is 57.8 Å². The first-order valence-corrected chi connectivity index (χ1v) is 11.4. The van der Waals surface area contributed by atoms with E-state index in [1.54, 1.807) is 7.05 Å². The van der Waals surface area contributed by atoms with Gasteiger partial charge in [0.15, 0.2) is 18.2 Å². The van der Waals surface area contributed by atoms with Gasteiger partial charge in [-0.1, -0.05) is 18.9 Å². The molecule has 0 radical (unpaired) electrons. The Kier molecular flexibility index (Phi) is 6.55. The SMILES string of the molecule is Cc1ccc(OCC(O)CN2C(N3CCCCCC3)=NC3C2C(=O)NC(=O)N3C)cc1C. The van der Waals surface area contributed by atoms with Gasteiger partial charge >= 0.3 is 6.03 Å². The van der Waals surface area contributed by atoms with Crippen LogP contribution in [0.15, 0.2) is 23.2 Å². The summed E-state index contributed by atoms with van der Waals surface area (Å²) in [5.74, 6) is 1.01. The number of aliphatic hydroxyl groups excluding tert-OH is 1. The molecule has 3 aliphatic rings. The second kappa shape index (κ2) is 9.36. The number of aliphatic hydroxyl groups is 1. The number of hydrogen-bond donors (Lipinski definition) is 2. The quantitative estimate of drug-likeness (QED) is 0.715. The lowest BCUT2D eigenvalue weighted by Gasteiger charge is -2.38. The van der Waals surface area contributed by atoms with E-state index >= 15 is 0 Å². The van der Waals surface area contributed by atoms with Crippen molar-refractivity contribution < 1.29 is 19.4 Å². The highest BCUT2D eigenvalue weighted by atomic mass is 16.5. The van der Waals surface area contributed by atoms with E-state index in [1.165, 1.54) is 23.3 Å². The fourth-order valence-corrected chi connectivity index (χ4v) is 4.52. The Hall–Kier alpha value is -2.81. The zero-order valence-corrected chi connectivity index (χ0v) is 19.1. The Balaban J connectivity index is 1.50. The van der Waals surface area contributed by atoms with E-state index in [0.29, 0.717) is 11.7 Å². The molecule has 0 aromatic heterocycles. The maximum Gasteiger partial charge on any atom is 0.325 e. The number of urea groups is 1. The molecule has 0 aliphatic carbocycles. The molecule has 0 bridgehead atoms. The molecular formula is C23H33N5O4. The van der Waals surface area contributed by atoms with E-state index in [0.717, 1.165) is 31.5 Å². The van der Waals surface area contributed by atoms with Crippen molar-refractivity contribution in [2.75, 3.05) is 33.3 Å². The first-order chi connectivity index (χ1) is 15.3. The van der Waals surface area contributed by atoms with Gasteiger partial charge in [0.05, 0.1) is 6.54 Å². The minimum absolute atomic E-state index is 0.0973. The summed E-state index contributed by atoms with van der Waals surface area (Å²) in [7, 11) is 1.64. The standard InChI is InChI=1S/C23H33N5O4/c1-15-8-9-18(12-16(15)2)32-14-17(29)13-28-19-20(26(3)23(31)25-21(19)30)24-22(28)27-10-6-4-5-7-11-27/h8-9,12,17,19-20,29H,4-7,10-11,13-14H2,1-3H3,(H,25,30,31). The predicted octanol–water partition coefficient (Wildman–Crippen LogP) is 1.47. The Labute approximate surface area is 189 Å². The van der Waals surface area contributed by atoms with Gasteiger partial charge in [-0.15, -0.1) is 0 Å². The molecule has 2 fully saturated rings. The van der Waals surface area contributed by atoms with Crippen molar-refractivity contribution in [3.63, 3.8) is 0 Å². The number of likely N-dealkylation sites (tertiary alicyclic amines) is 1. The van der Waals surface area contributed by atoms with Crippen LogP contribution in [0, 0.1) is 13.8 Å². The Bertz CT molecular complexity index is 896. The van der Waals surface area contributed by atoms with Gasteiger partial charge in [0, 0.05) is 20.1 Å². The van der Waals surface area contributed by atoms with Crippen molar-refractivity contribution in [1.29, 1.82) is 0 Å². The largest absolute Gasteiger partial charge is 0.491 e. The van der Waals surface area contributed by atoms with Gasteiger partial charge in [0.25, 0.3) is 5.91 Å². The number of guanidine groups is 1. The number of carbonyl (C=O) groups is 2. The fourth-order valence-electron chi connectivity index (χ4n) is 4.52. The molecule has 3 aliphatic heterocycles. The molecular weight excluding hydrogens is 410 g/mol. The molecule has 4 rings (SSSR count). The lowest BCUT2D eigenvalue weighted by molar-refractivity contribution is -0.127. The van der Waals surface area contributed by atoms with Crippen LogP contribution in [0.1, 0.15) is 36.8 Å². The lowest BCUT2D eigenvalue weighted by atomic mass is 10.1. The van der Waals surface area contributed by atoms with Gasteiger partial charge in [-0.2, -0.15) is 0 Å². The van der Waals surface area contributed by atoms with Crippen molar-refractivity contribution >= 4 is 17.9 Å². The van der Waals surface area contributed by atoms with Crippen molar-refractivity contribution in [2.24, 2.45) is 4.99 Å². The zero-order chi connectivity index (χ0) is 22.8. The number of rotatable bonds is 5. The molecule has 1 aromatic rings. The topological polar surface area (TPSA) is 97.7 Å². The number of carbonyl (C=O) groups excluding carboxylic acids is 2. The third-order valence-corrected chi connectivity index (χ3v) is 6.56. The van der Waals surface area contributed by atoms with Crippen molar-refractivity contribution in [3.05, 3.63) is 29.3 Å². The first kappa shape index (κ1) is 22.4. The average molecular weight is 444 g/mol. The molecule has 2 N–H and O–H groups in total. The Morgan fingerprint density at radius 2 is 1.88 bits per heavy atom. The van der Waals surface area contributed by atoms with Crippen LogP contribution in [0.5, 0.6) is 5.75 Å². The first-order valence-electron chi connectivity index (χ1n) is 11.4. The van der Waals surface area contributed by atoms with Crippen LogP contribution in [0.4, 0.5) is 4.79 Å². The number of aliphatic imine (C=N–C) groups is 1. The highest BCUT2D eigenvalue weighted by Crippen LogP contribution is 2.27. The Morgan fingerprint density at radius 3 is 2.56 bits per heavy atom. The van der Waals surface area contributed by atoms with Crippen molar-refractivity contribution in [3.8, 4) is 5.75 Å². The number of nitrogens with one attached hydrogen (secondary N) is 1. The molecule has 2 saturated heterocycles. The lowest BCUT2D eigenvalue weighted by Crippen LogP contribution is -2.65. The normalized spacial score (nSPS) is 24.6. The zero-order valence-electron chi connectivity index (χ0n) is 19.1. The van der Waals surface area contributed by atoms with Crippen LogP contribution in [0.2, 0.25) is 0 Å². The molecule has 3 amide bonds. The third-order valence-electron chi connectivity index (χ3n) is 6.56. The van der Waals surface area contributed by atoms with E-state index in [1.807, 2.05) is 36.9 Å². The summed E-state index contributed by atoms with van der Waals surface area (Å²) in [5.41, 5.74) is 2.31. The maximum absolute atomic E-state index is 12.8. The second-order valence-corrected chi connectivity index (χ2v) is 8.96. The van der Waals surface area contributed by atoms with Gasteiger partial charge in [-0.25, -0.2) is 9.79 Å². The molecule has 3 heterocycles.